The topological polar surface area (TPSA) is 3.24 Å². The Balaban J connectivity index is 2.34. The zero-order valence-electron chi connectivity index (χ0n) is 7.05. The van der Waals surface area contributed by atoms with E-state index in [2.05, 4.69) is 24.9 Å². The number of hydrogen-bond acceptors (Lipinski definition) is 2. The third-order valence-electron chi connectivity index (χ3n) is 2.20. The average Bonchev–Trinajstić information content (AvgIpc) is 2.27. The predicted molar refractivity (Wildman–Crippen MR) is 49.1 cm³/mol. The molecule has 2 heterocycles. The van der Waals surface area contributed by atoms with E-state index in [1.807, 2.05) is 11.3 Å². The zero-order chi connectivity index (χ0) is 7.84. The first-order valence-electron chi connectivity index (χ1n) is 4.02. The lowest BCUT2D eigenvalue weighted by molar-refractivity contribution is 0.317. The first kappa shape index (κ1) is 7.32. The Kier molecular flexibility index (Phi) is 1.74. The van der Waals surface area contributed by atoms with Crippen LogP contribution in [0.25, 0.3) is 0 Å². The molecule has 0 atom stereocenters. The van der Waals surface area contributed by atoms with E-state index in [4.69, 9.17) is 0 Å². The minimum absolute atomic E-state index is 1.16. The molecule has 1 aliphatic rings. The molecule has 0 bridgehead atoms. The number of fused-ring (bicyclic) bond motifs is 1. The lowest BCUT2D eigenvalue weighted by Gasteiger charge is -2.21. The molecule has 0 N–H and O–H groups in total. The van der Waals surface area contributed by atoms with Crippen molar-refractivity contribution in [2.45, 2.75) is 19.9 Å². The summed E-state index contributed by atoms with van der Waals surface area (Å²) in [5.41, 5.74) is 1.59. The molecular formula is C9H13NS. The highest BCUT2D eigenvalue weighted by atomic mass is 32.1. The fourth-order valence-corrected chi connectivity index (χ4v) is 2.76. The Bertz CT molecular complexity index is 265. The molecule has 0 radical (unpaired) electrons. The maximum atomic E-state index is 2.39. The van der Waals surface area contributed by atoms with Crippen LogP contribution in [0.15, 0.2) is 6.07 Å². The van der Waals surface area contributed by atoms with Crippen LogP contribution in [0.5, 0.6) is 0 Å². The predicted octanol–water partition coefficient (Wildman–Crippen LogP) is 2.04. The van der Waals surface area contributed by atoms with Crippen LogP contribution in [-0.2, 0) is 13.0 Å². The van der Waals surface area contributed by atoms with Crippen LogP contribution in [0.4, 0.5) is 0 Å². The number of thiophene rings is 1. The fraction of sp³-hybridized carbons (Fsp3) is 0.556. The Morgan fingerprint density at radius 2 is 2.36 bits per heavy atom. The van der Waals surface area contributed by atoms with Crippen molar-refractivity contribution in [3.05, 3.63) is 21.4 Å². The molecule has 60 valence electrons. The third-order valence-corrected chi connectivity index (χ3v) is 3.27. The number of aryl methyl sites for hydroxylation is 1. The van der Waals surface area contributed by atoms with Gasteiger partial charge in [0.05, 0.1) is 0 Å². The van der Waals surface area contributed by atoms with Crippen molar-refractivity contribution in [1.29, 1.82) is 0 Å². The van der Waals surface area contributed by atoms with Crippen LogP contribution in [0.1, 0.15) is 15.3 Å². The Morgan fingerprint density at radius 1 is 1.55 bits per heavy atom. The van der Waals surface area contributed by atoms with Gasteiger partial charge in [0.1, 0.15) is 0 Å². The molecular weight excluding hydrogens is 154 g/mol. The second-order valence-corrected chi connectivity index (χ2v) is 4.63. The van der Waals surface area contributed by atoms with Gasteiger partial charge in [0.2, 0.25) is 0 Å². The van der Waals surface area contributed by atoms with E-state index in [0.717, 1.165) is 6.54 Å². The molecule has 2 heteroatoms. The highest BCUT2D eigenvalue weighted by Gasteiger charge is 2.14. The Labute approximate surface area is 71.7 Å². The minimum Gasteiger partial charge on any atom is -0.301 e. The Hall–Kier alpha value is -0.340. The van der Waals surface area contributed by atoms with E-state index >= 15 is 0 Å². The SMILES string of the molecule is Cc1cc2c(s1)CN(C)CC2. The van der Waals surface area contributed by atoms with Crippen LogP contribution in [0, 0.1) is 6.92 Å². The molecule has 11 heavy (non-hydrogen) atoms. The van der Waals surface area contributed by atoms with Gasteiger partial charge in [-0.1, -0.05) is 0 Å². The summed E-state index contributed by atoms with van der Waals surface area (Å²) < 4.78 is 0. The summed E-state index contributed by atoms with van der Waals surface area (Å²) in [5.74, 6) is 0. The van der Waals surface area contributed by atoms with Gasteiger partial charge in [-0.25, -0.2) is 0 Å². The largest absolute Gasteiger partial charge is 0.301 e. The van der Waals surface area contributed by atoms with E-state index in [1.165, 1.54) is 17.8 Å². The number of likely N-dealkylation sites (N-methyl/N-ethyl adjacent to an activating group) is 1. The summed E-state index contributed by atoms with van der Waals surface area (Å²) >= 11 is 1.95. The summed E-state index contributed by atoms with van der Waals surface area (Å²) in [6, 6.07) is 2.34. The molecule has 1 aromatic heterocycles. The highest BCUT2D eigenvalue weighted by Crippen LogP contribution is 2.26. The molecule has 0 saturated carbocycles. The van der Waals surface area contributed by atoms with Crippen molar-refractivity contribution >= 4 is 11.3 Å². The van der Waals surface area contributed by atoms with Crippen molar-refractivity contribution in [2.75, 3.05) is 13.6 Å². The normalized spacial score (nSPS) is 18.4. The highest BCUT2D eigenvalue weighted by molar-refractivity contribution is 7.12. The quantitative estimate of drug-likeness (QED) is 0.571. The van der Waals surface area contributed by atoms with Crippen molar-refractivity contribution < 1.29 is 0 Å². The molecule has 0 aromatic carbocycles. The van der Waals surface area contributed by atoms with Gasteiger partial charge in [-0.05, 0) is 32.0 Å². The lowest BCUT2D eigenvalue weighted by Crippen LogP contribution is -2.24. The molecule has 0 aliphatic carbocycles. The molecule has 0 fully saturated rings. The van der Waals surface area contributed by atoms with Crippen molar-refractivity contribution in [3.63, 3.8) is 0 Å². The van der Waals surface area contributed by atoms with Crippen LogP contribution in [-0.4, -0.2) is 18.5 Å². The standard InChI is InChI=1S/C9H13NS/c1-7-5-8-3-4-10(2)6-9(8)11-7/h5H,3-4,6H2,1-2H3. The maximum absolute atomic E-state index is 2.39. The van der Waals surface area contributed by atoms with Gasteiger partial charge in [0.15, 0.2) is 0 Å². The molecule has 0 amide bonds. The molecule has 0 unspecified atom stereocenters. The molecule has 1 aliphatic heterocycles. The fourth-order valence-electron chi connectivity index (χ4n) is 1.60. The first-order valence-corrected chi connectivity index (χ1v) is 4.84. The summed E-state index contributed by atoms with van der Waals surface area (Å²) in [6.07, 6.45) is 1.25. The summed E-state index contributed by atoms with van der Waals surface area (Å²) in [6.45, 7) is 4.58. The summed E-state index contributed by atoms with van der Waals surface area (Å²) in [4.78, 5) is 5.43. The third kappa shape index (κ3) is 1.33. The Morgan fingerprint density at radius 3 is 3.18 bits per heavy atom. The van der Waals surface area contributed by atoms with E-state index in [1.54, 1.807) is 10.4 Å². The minimum atomic E-state index is 1.16. The molecule has 0 saturated heterocycles. The van der Waals surface area contributed by atoms with E-state index < -0.39 is 0 Å². The molecule has 2 rings (SSSR count). The molecule has 1 nitrogen and oxygen atoms in total. The zero-order valence-corrected chi connectivity index (χ0v) is 7.87. The number of hydrogen-bond donors (Lipinski definition) is 0. The van der Waals surface area contributed by atoms with Gasteiger partial charge in [-0.3, -0.25) is 0 Å². The number of rotatable bonds is 0. The first-order chi connectivity index (χ1) is 5.25. The van der Waals surface area contributed by atoms with Gasteiger partial charge in [0.25, 0.3) is 0 Å². The van der Waals surface area contributed by atoms with Crippen molar-refractivity contribution in [3.8, 4) is 0 Å². The number of nitrogens with zero attached hydrogens (tertiary/aromatic N) is 1. The van der Waals surface area contributed by atoms with Crippen LogP contribution in [0.3, 0.4) is 0 Å². The average molecular weight is 167 g/mol. The summed E-state index contributed by atoms with van der Waals surface area (Å²) in [5, 5.41) is 0. The van der Waals surface area contributed by atoms with Gasteiger partial charge < -0.3 is 4.90 Å². The monoisotopic (exact) mass is 167 g/mol. The lowest BCUT2D eigenvalue weighted by atomic mass is 10.1. The van der Waals surface area contributed by atoms with Crippen molar-refractivity contribution in [1.82, 2.24) is 4.90 Å². The second kappa shape index (κ2) is 2.61. The van der Waals surface area contributed by atoms with Gasteiger partial charge >= 0.3 is 0 Å². The van der Waals surface area contributed by atoms with Crippen LogP contribution >= 0.6 is 11.3 Å². The van der Waals surface area contributed by atoms with Crippen LogP contribution in [0.2, 0.25) is 0 Å². The van der Waals surface area contributed by atoms with E-state index in [9.17, 15) is 0 Å². The van der Waals surface area contributed by atoms with Crippen LogP contribution < -0.4 is 0 Å². The van der Waals surface area contributed by atoms with Gasteiger partial charge in [0, 0.05) is 22.8 Å². The van der Waals surface area contributed by atoms with Gasteiger partial charge in [-0.2, -0.15) is 0 Å². The van der Waals surface area contributed by atoms with E-state index in [0.29, 0.717) is 0 Å². The van der Waals surface area contributed by atoms with Crippen molar-refractivity contribution in [2.24, 2.45) is 0 Å². The van der Waals surface area contributed by atoms with Gasteiger partial charge in [-0.15, -0.1) is 11.3 Å². The second-order valence-electron chi connectivity index (χ2n) is 3.29. The molecule has 1 aromatic rings. The molecule has 0 spiro atoms. The maximum Gasteiger partial charge on any atom is 0.0327 e. The van der Waals surface area contributed by atoms with E-state index in [-0.39, 0.29) is 0 Å². The summed E-state index contributed by atoms with van der Waals surface area (Å²) in [7, 11) is 2.19. The smallest absolute Gasteiger partial charge is 0.0327 e.